The van der Waals surface area contributed by atoms with Gasteiger partial charge in [-0.15, -0.1) is 0 Å². The molecule has 0 amide bonds. The van der Waals surface area contributed by atoms with E-state index in [4.69, 9.17) is 0 Å². The van der Waals surface area contributed by atoms with Gasteiger partial charge >= 0.3 is 0 Å². The number of phenolic OH excluding ortho intramolecular Hbond substituents is 1. The first kappa shape index (κ1) is 7.98. The molecular weight excluding hydrogens is 169 g/mol. The van der Waals surface area contributed by atoms with Crippen LogP contribution in [0.15, 0.2) is 35.5 Å². The molecule has 0 unspecified atom stereocenters. The van der Waals surface area contributed by atoms with Crippen LogP contribution < -0.4 is 0 Å². The molecule has 0 spiro atoms. The van der Waals surface area contributed by atoms with Gasteiger partial charge in [0.2, 0.25) is 0 Å². The van der Waals surface area contributed by atoms with Crippen molar-refractivity contribution in [2.75, 3.05) is 0 Å². The molecule has 0 radical (unpaired) electrons. The fraction of sp³-hybridized carbons (Fsp3) is 0.100. The third kappa shape index (κ3) is 1.45. The van der Waals surface area contributed by atoms with Gasteiger partial charge < -0.3 is 5.11 Å². The molecule has 1 N–H and O–H groups in total. The summed E-state index contributed by atoms with van der Waals surface area (Å²) in [5, 5.41) is 9.42. The van der Waals surface area contributed by atoms with Crippen molar-refractivity contribution in [2.24, 2.45) is 4.99 Å². The molecule has 2 rings (SSSR count). The van der Waals surface area contributed by atoms with Crippen LogP contribution in [-0.2, 0) is 0 Å². The lowest BCUT2D eigenvalue weighted by Crippen LogP contribution is -1.97. The molecule has 13 heavy (non-hydrogen) atoms. The quantitative estimate of drug-likeness (QED) is 0.701. The van der Waals surface area contributed by atoms with Gasteiger partial charge in [-0.25, -0.2) is 4.39 Å². The molecule has 1 aliphatic heterocycles. The van der Waals surface area contributed by atoms with E-state index in [1.807, 2.05) is 6.08 Å². The zero-order valence-electron chi connectivity index (χ0n) is 6.87. The van der Waals surface area contributed by atoms with Gasteiger partial charge in [0.05, 0.1) is 5.71 Å². The SMILES string of the molecule is Oc1ccc(F)cc1C1=NC=CC1. The summed E-state index contributed by atoms with van der Waals surface area (Å²) < 4.78 is 12.8. The first-order valence-corrected chi connectivity index (χ1v) is 3.98. The molecular formula is C10H8FNO. The van der Waals surface area contributed by atoms with E-state index in [9.17, 15) is 9.50 Å². The molecule has 66 valence electrons. The minimum atomic E-state index is -0.359. The lowest BCUT2D eigenvalue weighted by Gasteiger charge is -2.03. The summed E-state index contributed by atoms with van der Waals surface area (Å²) >= 11 is 0. The van der Waals surface area contributed by atoms with E-state index in [0.717, 1.165) is 0 Å². The summed E-state index contributed by atoms with van der Waals surface area (Å²) in [6.45, 7) is 0. The highest BCUT2D eigenvalue weighted by molar-refractivity contribution is 6.04. The van der Waals surface area contributed by atoms with Crippen molar-refractivity contribution < 1.29 is 9.50 Å². The van der Waals surface area contributed by atoms with Crippen LogP contribution in [0.25, 0.3) is 0 Å². The Balaban J connectivity index is 2.45. The van der Waals surface area contributed by atoms with Gasteiger partial charge in [-0.05, 0) is 18.2 Å². The van der Waals surface area contributed by atoms with Crippen LogP contribution in [0.2, 0.25) is 0 Å². The first-order valence-electron chi connectivity index (χ1n) is 3.98. The number of allylic oxidation sites excluding steroid dienone is 1. The maximum absolute atomic E-state index is 12.8. The second-order valence-electron chi connectivity index (χ2n) is 2.83. The van der Waals surface area contributed by atoms with Gasteiger partial charge in [-0.3, -0.25) is 4.99 Å². The summed E-state index contributed by atoms with van der Waals surface area (Å²) in [6, 6.07) is 3.86. The molecule has 0 aromatic heterocycles. The van der Waals surface area contributed by atoms with Gasteiger partial charge in [0, 0.05) is 18.2 Å². The molecule has 1 aliphatic rings. The number of aromatic hydroxyl groups is 1. The molecule has 3 heteroatoms. The Labute approximate surface area is 75.1 Å². The average molecular weight is 177 g/mol. The minimum Gasteiger partial charge on any atom is -0.507 e. The molecule has 0 aliphatic carbocycles. The Morgan fingerprint density at radius 1 is 1.38 bits per heavy atom. The molecule has 1 heterocycles. The number of benzene rings is 1. The summed E-state index contributed by atoms with van der Waals surface area (Å²) in [5.74, 6) is -0.286. The third-order valence-electron chi connectivity index (χ3n) is 1.92. The zero-order valence-corrected chi connectivity index (χ0v) is 6.87. The fourth-order valence-electron chi connectivity index (χ4n) is 1.28. The third-order valence-corrected chi connectivity index (χ3v) is 1.92. The molecule has 1 aromatic carbocycles. The van der Waals surface area contributed by atoms with Crippen LogP contribution in [0.4, 0.5) is 4.39 Å². The van der Waals surface area contributed by atoms with Crippen molar-refractivity contribution in [3.8, 4) is 5.75 Å². The van der Waals surface area contributed by atoms with Crippen molar-refractivity contribution in [3.05, 3.63) is 41.9 Å². The van der Waals surface area contributed by atoms with Crippen molar-refractivity contribution in [1.29, 1.82) is 0 Å². The Morgan fingerprint density at radius 3 is 2.92 bits per heavy atom. The second kappa shape index (κ2) is 3.01. The summed E-state index contributed by atoms with van der Waals surface area (Å²) in [7, 11) is 0. The largest absolute Gasteiger partial charge is 0.507 e. The van der Waals surface area contributed by atoms with Gasteiger partial charge in [-0.2, -0.15) is 0 Å². The lowest BCUT2D eigenvalue weighted by atomic mass is 10.1. The Kier molecular flexibility index (Phi) is 1.85. The number of hydrogen-bond acceptors (Lipinski definition) is 2. The zero-order chi connectivity index (χ0) is 9.26. The smallest absolute Gasteiger partial charge is 0.124 e. The topological polar surface area (TPSA) is 32.6 Å². The van der Waals surface area contributed by atoms with Crippen LogP contribution in [0.1, 0.15) is 12.0 Å². The van der Waals surface area contributed by atoms with E-state index in [0.29, 0.717) is 17.7 Å². The standard InChI is InChI=1S/C10H8FNO/c11-7-3-4-10(13)8(6-7)9-2-1-5-12-9/h1,3-6,13H,2H2. The number of hydrogen-bond donors (Lipinski definition) is 1. The van der Waals surface area contributed by atoms with E-state index in [1.165, 1.54) is 18.2 Å². The van der Waals surface area contributed by atoms with Crippen LogP contribution in [0, 0.1) is 5.82 Å². The number of phenols is 1. The monoisotopic (exact) mass is 177 g/mol. The van der Waals surface area contributed by atoms with Crippen LogP contribution in [-0.4, -0.2) is 10.8 Å². The van der Waals surface area contributed by atoms with Crippen molar-refractivity contribution in [3.63, 3.8) is 0 Å². The summed E-state index contributed by atoms with van der Waals surface area (Å²) in [5.41, 5.74) is 1.18. The second-order valence-corrected chi connectivity index (χ2v) is 2.83. The Bertz CT molecular complexity index is 396. The van der Waals surface area contributed by atoms with E-state index in [1.54, 1.807) is 6.20 Å². The molecule has 0 atom stereocenters. The molecule has 0 saturated heterocycles. The summed E-state index contributed by atoms with van der Waals surface area (Å²) in [6.07, 6.45) is 4.16. The Morgan fingerprint density at radius 2 is 2.23 bits per heavy atom. The lowest BCUT2D eigenvalue weighted by molar-refractivity contribution is 0.472. The predicted octanol–water partition coefficient (Wildman–Crippen LogP) is 2.24. The maximum Gasteiger partial charge on any atom is 0.124 e. The molecule has 0 saturated carbocycles. The van der Waals surface area contributed by atoms with E-state index in [2.05, 4.69) is 4.99 Å². The highest BCUT2D eigenvalue weighted by Gasteiger charge is 2.10. The van der Waals surface area contributed by atoms with Crippen molar-refractivity contribution in [2.45, 2.75) is 6.42 Å². The number of aliphatic imine (C=N–C) groups is 1. The van der Waals surface area contributed by atoms with Gasteiger partial charge in [0.1, 0.15) is 11.6 Å². The van der Waals surface area contributed by atoms with Crippen LogP contribution in [0.5, 0.6) is 5.75 Å². The fourth-order valence-corrected chi connectivity index (χ4v) is 1.28. The van der Waals surface area contributed by atoms with E-state index in [-0.39, 0.29) is 11.6 Å². The van der Waals surface area contributed by atoms with Gasteiger partial charge in [0.25, 0.3) is 0 Å². The molecule has 1 aromatic rings. The highest BCUT2D eigenvalue weighted by atomic mass is 19.1. The Hall–Kier alpha value is -1.64. The number of nitrogens with zero attached hydrogens (tertiary/aromatic N) is 1. The maximum atomic E-state index is 12.8. The van der Waals surface area contributed by atoms with Gasteiger partial charge in [-0.1, -0.05) is 6.08 Å². The van der Waals surface area contributed by atoms with E-state index >= 15 is 0 Å². The number of rotatable bonds is 1. The first-order chi connectivity index (χ1) is 6.27. The molecule has 0 bridgehead atoms. The van der Waals surface area contributed by atoms with Crippen LogP contribution in [0.3, 0.4) is 0 Å². The molecule has 2 nitrogen and oxygen atoms in total. The van der Waals surface area contributed by atoms with Crippen molar-refractivity contribution in [1.82, 2.24) is 0 Å². The van der Waals surface area contributed by atoms with Crippen molar-refractivity contribution >= 4 is 5.71 Å². The van der Waals surface area contributed by atoms with Gasteiger partial charge in [0.15, 0.2) is 0 Å². The summed E-state index contributed by atoms with van der Waals surface area (Å²) in [4.78, 5) is 4.02. The predicted molar refractivity (Wildman–Crippen MR) is 48.4 cm³/mol. The minimum absolute atomic E-state index is 0.0730. The molecule has 0 fully saturated rings. The average Bonchev–Trinajstić information content (AvgIpc) is 2.61. The number of halogens is 1. The normalized spacial score (nSPS) is 14.7. The van der Waals surface area contributed by atoms with E-state index < -0.39 is 0 Å². The highest BCUT2D eigenvalue weighted by Crippen LogP contribution is 2.22. The van der Waals surface area contributed by atoms with Crippen LogP contribution >= 0.6 is 0 Å².